The van der Waals surface area contributed by atoms with Crippen molar-refractivity contribution < 1.29 is 0 Å². The molecule has 0 radical (unpaired) electrons. The summed E-state index contributed by atoms with van der Waals surface area (Å²) in [5.74, 6) is 0.700. The zero-order valence-electron chi connectivity index (χ0n) is 32.1. The van der Waals surface area contributed by atoms with Crippen LogP contribution in [0.5, 0.6) is 0 Å². The molecular weight excluding hydrogens is 701 g/mol. The SMILES string of the molecule is CC1(c2ccccc2)c2ccccc2-c2c(-c3ccc(-c4cc(-c5c(-c6ccccc6)ccc6ccccc56)nc(-c5ccccc5)n4)c4ccccc34)cccc21. The fourth-order valence-corrected chi connectivity index (χ4v) is 9.44. The van der Waals surface area contributed by atoms with E-state index in [1.54, 1.807) is 0 Å². The van der Waals surface area contributed by atoms with Gasteiger partial charge in [0.15, 0.2) is 5.82 Å². The van der Waals surface area contributed by atoms with Crippen LogP contribution < -0.4 is 0 Å². The van der Waals surface area contributed by atoms with Gasteiger partial charge in [-0.05, 0) is 84.6 Å². The predicted molar refractivity (Wildman–Crippen MR) is 242 cm³/mol. The van der Waals surface area contributed by atoms with Gasteiger partial charge in [0.05, 0.1) is 11.4 Å². The molecule has 272 valence electrons. The molecule has 0 saturated carbocycles. The Labute approximate surface area is 338 Å². The molecule has 1 heterocycles. The van der Waals surface area contributed by atoms with Gasteiger partial charge in [0.1, 0.15) is 0 Å². The van der Waals surface area contributed by atoms with E-state index in [0.29, 0.717) is 5.82 Å². The molecule has 9 aromatic carbocycles. The van der Waals surface area contributed by atoms with Crippen molar-refractivity contribution in [1.82, 2.24) is 9.97 Å². The van der Waals surface area contributed by atoms with Gasteiger partial charge in [-0.3, -0.25) is 0 Å². The molecule has 1 unspecified atom stereocenters. The summed E-state index contributed by atoms with van der Waals surface area (Å²) < 4.78 is 0. The Kier molecular flexibility index (Phi) is 7.97. The third-order valence-electron chi connectivity index (χ3n) is 12.2. The second kappa shape index (κ2) is 13.7. The lowest BCUT2D eigenvalue weighted by atomic mass is 9.74. The van der Waals surface area contributed by atoms with Crippen molar-refractivity contribution in [2.24, 2.45) is 0 Å². The molecule has 0 saturated heterocycles. The molecule has 0 amide bonds. The highest BCUT2D eigenvalue weighted by atomic mass is 14.9. The predicted octanol–water partition coefficient (Wildman–Crippen LogP) is 14.5. The maximum absolute atomic E-state index is 5.37. The molecular formula is C56H38N2. The molecule has 1 atom stereocenters. The number of hydrogen-bond donors (Lipinski definition) is 0. The quantitative estimate of drug-likeness (QED) is 0.170. The molecule has 1 aromatic heterocycles. The lowest BCUT2D eigenvalue weighted by molar-refractivity contribution is 0.714. The van der Waals surface area contributed by atoms with Crippen molar-refractivity contribution in [3.8, 4) is 67.3 Å². The van der Waals surface area contributed by atoms with Gasteiger partial charge in [-0.15, -0.1) is 0 Å². The van der Waals surface area contributed by atoms with Crippen LogP contribution >= 0.6 is 0 Å². The normalized spacial score (nSPS) is 14.4. The van der Waals surface area contributed by atoms with E-state index in [4.69, 9.17) is 9.97 Å². The van der Waals surface area contributed by atoms with Crippen LogP contribution in [0.3, 0.4) is 0 Å². The van der Waals surface area contributed by atoms with Gasteiger partial charge in [-0.2, -0.15) is 0 Å². The molecule has 0 N–H and O–H groups in total. The first-order valence-electron chi connectivity index (χ1n) is 20.0. The summed E-state index contributed by atoms with van der Waals surface area (Å²) in [5, 5.41) is 4.68. The second-order valence-corrected chi connectivity index (χ2v) is 15.4. The molecule has 0 fully saturated rings. The Morgan fingerprint density at radius 2 is 0.897 bits per heavy atom. The van der Waals surface area contributed by atoms with Gasteiger partial charge < -0.3 is 0 Å². The van der Waals surface area contributed by atoms with Crippen LogP contribution in [0.25, 0.3) is 88.8 Å². The minimum absolute atomic E-state index is 0.273. The number of aromatic nitrogens is 2. The Balaban J connectivity index is 1.15. The van der Waals surface area contributed by atoms with E-state index in [-0.39, 0.29) is 5.41 Å². The van der Waals surface area contributed by atoms with Crippen LogP contribution in [0.4, 0.5) is 0 Å². The second-order valence-electron chi connectivity index (χ2n) is 15.4. The molecule has 11 rings (SSSR count). The van der Waals surface area contributed by atoms with E-state index in [1.807, 2.05) is 6.07 Å². The Morgan fingerprint density at radius 1 is 0.345 bits per heavy atom. The highest BCUT2D eigenvalue weighted by molar-refractivity contribution is 6.09. The molecule has 1 aliphatic carbocycles. The van der Waals surface area contributed by atoms with Gasteiger partial charge in [0.25, 0.3) is 0 Å². The molecule has 1 aliphatic rings. The van der Waals surface area contributed by atoms with Crippen LogP contribution in [0.1, 0.15) is 23.6 Å². The maximum Gasteiger partial charge on any atom is 0.160 e. The Morgan fingerprint density at radius 3 is 1.67 bits per heavy atom. The van der Waals surface area contributed by atoms with Crippen molar-refractivity contribution >= 4 is 21.5 Å². The van der Waals surface area contributed by atoms with Crippen molar-refractivity contribution in [1.29, 1.82) is 0 Å². The van der Waals surface area contributed by atoms with Gasteiger partial charge >= 0.3 is 0 Å². The molecule has 0 spiro atoms. The van der Waals surface area contributed by atoms with Gasteiger partial charge in [-0.1, -0.05) is 206 Å². The zero-order valence-corrected chi connectivity index (χ0v) is 32.1. The lowest BCUT2D eigenvalue weighted by Crippen LogP contribution is -2.22. The van der Waals surface area contributed by atoms with Crippen molar-refractivity contribution in [3.63, 3.8) is 0 Å². The Hall–Kier alpha value is -7.42. The van der Waals surface area contributed by atoms with E-state index < -0.39 is 0 Å². The molecule has 2 nitrogen and oxygen atoms in total. The molecule has 2 heteroatoms. The van der Waals surface area contributed by atoms with Gasteiger partial charge in [-0.25, -0.2) is 9.97 Å². The fraction of sp³-hybridized carbons (Fsp3) is 0.0357. The molecule has 0 aliphatic heterocycles. The first-order valence-corrected chi connectivity index (χ1v) is 20.0. The highest BCUT2D eigenvalue weighted by Gasteiger charge is 2.41. The van der Waals surface area contributed by atoms with E-state index in [1.165, 1.54) is 49.7 Å². The molecule has 0 bridgehead atoms. The standard InChI is InChI=1S/C56H38N2/c1-56(40-23-9-4-10-24-40)49-30-16-15-28-48(49)53-47(29-17-31-50(53)56)45-34-35-46(44-27-14-13-26-43(44)45)51-36-52(58-55(57-51)39-21-7-3-8-22-39)54-41-25-12-11-20-38(41)32-33-42(54)37-18-5-2-6-19-37/h2-36H,1H3. The van der Waals surface area contributed by atoms with Gasteiger partial charge in [0.2, 0.25) is 0 Å². The summed E-state index contributed by atoms with van der Waals surface area (Å²) in [4.78, 5) is 10.7. The van der Waals surface area contributed by atoms with E-state index in [9.17, 15) is 0 Å². The smallest absolute Gasteiger partial charge is 0.160 e. The van der Waals surface area contributed by atoms with Crippen LogP contribution in [0, 0.1) is 0 Å². The van der Waals surface area contributed by atoms with Crippen molar-refractivity contribution in [3.05, 3.63) is 229 Å². The third kappa shape index (κ3) is 5.33. The summed E-state index contributed by atoms with van der Waals surface area (Å²) >= 11 is 0. The monoisotopic (exact) mass is 738 g/mol. The van der Waals surface area contributed by atoms with E-state index in [2.05, 4.69) is 213 Å². The fourth-order valence-electron chi connectivity index (χ4n) is 9.44. The van der Waals surface area contributed by atoms with Crippen LogP contribution in [-0.2, 0) is 5.41 Å². The van der Waals surface area contributed by atoms with Crippen LogP contribution in [0.15, 0.2) is 212 Å². The zero-order chi connectivity index (χ0) is 38.6. The van der Waals surface area contributed by atoms with Crippen molar-refractivity contribution in [2.45, 2.75) is 12.3 Å². The summed E-state index contributed by atoms with van der Waals surface area (Å²) in [6.45, 7) is 2.38. The summed E-state index contributed by atoms with van der Waals surface area (Å²) in [7, 11) is 0. The first-order chi connectivity index (χ1) is 28.7. The number of nitrogens with zero attached hydrogens (tertiary/aromatic N) is 2. The number of fused-ring (bicyclic) bond motifs is 5. The highest BCUT2D eigenvalue weighted by Crippen LogP contribution is 2.55. The van der Waals surface area contributed by atoms with Gasteiger partial charge in [0, 0.05) is 22.1 Å². The minimum atomic E-state index is -0.273. The molecule has 58 heavy (non-hydrogen) atoms. The van der Waals surface area contributed by atoms with Crippen LogP contribution in [-0.4, -0.2) is 9.97 Å². The number of benzene rings is 9. The van der Waals surface area contributed by atoms with Crippen LogP contribution in [0.2, 0.25) is 0 Å². The largest absolute Gasteiger partial charge is 0.228 e. The summed E-state index contributed by atoms with van der Waals surface area (Å²) in [6.07, 6.45) is 0. The number of rotatable bonds is 6. The average molecular weight is 739 g/mol. The third-order valence-corrected chi connectivity index (χ3v) is 12.2. The topological polar surface area (TPSA) is 25.8 Å². The minimum Gasteiger partial charge on any atom is -0.228 e. The van der Waals surface area contributed by atoms with Crippen molar-refractivity contribution in [2.75, 3.05) is 0 Å². The number of hydrogen-bond acceptors (Lipinski definition) is 2. The maximum atomic E-state index is 5.37. The molecule has 10 aromatic rings. The summed E-state index contributed by atoms with van der Waals surface area (Å²) in [6, 6.07) is 76.4. The lowest BCUT2D eigenvalue weighted by Gasteiger charge is -2.28. The Bertz CT molecular complexity index is 3170. The van der Waals surface area contributed by atoms with E-state index >= 15 is 0 Å². The summed E-state index contributed by atoms with van der Waals surface area (Å²) in [5.41, 5.74) is 16.0. The first kappa shape index (κ1) is 33.9. The average Bonchev–Trinajstić information content (AvgIpc) is 3.57. The van der Waals surface area contributed by atoms with E-state index in [0.717, 1.165) is 50.0 Å².